The Hall–Kier alpha value is -1.31. The fourth-order valence-electron chi connectivity index (χ4n) is 3.13. The van der Waals surface area contributed by atoms with E-state index in [0.29, 0.717) is 17.8 Å². The Morgan fingerprint density at radius 3 is 2.81 bits per heavy atom. The van der Waals surface area contributed by atoms with E-state index in [4.69, 9.17) is 5.11 Å². The van der Waals surface area contributed by atoms with Crippen molar-refractivity contribution in [3.63, 3.8) is 0 Å². The average Bonchev–Trinajstić information content (AvgIpc) is 2.82. The summed E-state index contributed by atoms with van der Waals surface area (Å²) in [4.78, 5) is 11.0. The number of benzene rings is 1. The number of hydrogen-bond acceptors (Lipinski definition) is 1. The summed E-state index contributed by atoms with van der Waals surface area (Å²) < 4.78 is 0. The summed E-state index contributed by atoms with van der Waals surface area (Å²) in [5.74, 6) is 0.534. The molecular formula is C14H16O2. The molecule has 1 aromatic rings. The first-order valence-electron chi connectivity index (χ1n) is 5.95. The first kappa shape index (κ1) is 9.88. The van der Waals surface area contributed by atoms with Crippen molar-refractivity contribution < 1.29 is 9.90 Å². The molecule has 2 heteroatoms. The van der Waals surface area contributed by atoms with Crippen molar-refractivity contribution in [2.45, 2.75) is 32.1 Å². The van der Waals surface area contributed by atoms with Crippen molar-refractivity contribution in [2.75, 3.05) is 0 Å². The molecule has 0 amide bonds. The molecule has 1 aromatic carbocycles. The summed E-state index contributed by atoms with van der Waals surface area (Å²) in [5.41, 5.74) is 4.05. The van der Waals surface area contributed by atoms with Crippen LogP contribution in [0, 0.1) is 11.8 Å². The Labute approximate surface area is 95.3 Å². The third-order valence-corrected chi connectivity index (χ3v) is 4.10. The van der Waals surface area contributed by atoms with Gasteiger partial charge in [-0.1, -0.05) is 32.0 Å². The van der Waals surface area contributed by atoms with Gasteiger partial charge in [-0.25, -0.2) is 0 Å². The van der Waals surface area contributed by atoms with Crippen LogP contribution in [0.15, 0.2) is 18.2 Å². The second kappa shape index (κ2) is 3.09. The van der Waals surface area contributed by atoms with Gasteiger partial charge in [0.2, 0.25) is 0 Å². The van der Waals surface area contributed by atoms with Crippen molar-refractivity contribution in [1.29, 1.82) is 0 Å². The van der Waals surface area contributed by atoms with Crippen molar-refractivity contribution in [1.82, 2.24) is 0 Å². The summed E-state index contributed by atoms with van der Waals surface area (Å²) in [5, 5.41) is 9.03. The van der Waals surface area contributed by atoms with Gasteiger partial charge >= 0.3 is 5.97 Å². The van der Waals surface area contributed by atoms with Crippen molar-refractivity contribution in [2.24, 2.45) is 11.8 Å². The van der Waals surface area contributed by atoms with E-state index in [1.807, 2.05) is 0 Å². The Balaban J connectivity index is 1.92. The zero-order chi connectivity index (χ0) is 11.4. The number of hydrogen-bond donors (Lipinski definition) is 1. The lowest BCUT2D eigenvalue weighted by atomic mass is 9.95. The van der Waals surface area contributed by atoms with Gasteiger partial charge in [-0.05, 0) is 34.9 Å². The van der Waals surface area contributed by atoms with E-state index < -0.39 is 5.97 Å². The molecule has 84 valence electrons. The van der Waals surface area contributed by atoms with Gasteiger partial charge in [0, 0.05) is 5.92 Å². The standard InChI is InChI=1S/C14H16O2/c1-7(2)8-3-4-10-9(5-8)6-11-12(10)13(11)14(15)16/h3-5,7,11-13H,6H2,1-2H3,(H,15,16)/t11-,12+,13+/m0/s1. The second-order valence-corrected chi connectivity index (χ2v) is 5.37. The monoisotopic (exact) mass is 216 g/mol. The van der Waals surface area contributed by atoms with Crippen LogP contribution in [0.2, 0.25) is 0 Å². The third kappa shape index (κ3) is 1.22. The van der Waals surface area contributed by atoms with Gasteiger partial charge in [-0.2, -0.15) is 0 Å². The summed E-state index contributed by atoms with van der Waals surface area (Å²) in [6.45, 7) is 4.38. The van der Waals surface area contributed by atoms with Crippen LogP contribution in [0.1, 0.15) is 42.4 Å². The summed E-state index contributed by atoms with van der Waals surface area (Å²) in [7, 11) is 0. The molecule has 3 rings (SSSR count). The van der Waals surface area contributed by atoms with Gasteiger partial charge in [0.25, 0.3) is 0 Å². The molecule has 1 saturated carbocycles. The zero-order valence-corrected chi connectivity index (χ0v) is 9.60. The highest BCUT2D eigenvalue weighted by molar-refractivity contribution is 5.77. The SMILES string of the molecule is CC(C)c1ccc2c(c1)C[C@@H]1[C@@H](C(=O)O)[C@H]21. The smallest absolute Gasteiger partial charge is 0.307 e. The molecule has 0 spiro atoms. The van der Waals surface area contributed by atoms with E-state index in [2.05, 4.69) is 32.0 Å². The van der Waals surface area contributed by atoms with Crippen LogP contribution >= 0.6 is 0 Å². The highest BCUT2D eigenvalue weighted by Gasteiger charge is 2.59. The molecule has 3 atom stereocenters. The Morgan fingerprint density at radius 2 is 2.19 bits per heavy atom. The number of carboxylic acid groups (broad SMARTS) is 1. The van der Waals surface area contributed by atoms with Crippen LogP contribution in [0.25, 0.3) is 0 Å². The maximum atomic E-state index is 11.0. The lowest BCUT2D eigenvalue weighted by Crippen LogP contribution is -2.05. The van der Waals surface area contributed by atoms with Gasteiger partial charge < -0.3 is 5.11 Å². The predicted octanol–water partition coefficient (Wildman–Crippen LogP) is 2.78. The fraction of sp³-hybridized carbons (Fsp3) is 0.500. The molecule has 0 radical (unpaired) electrons. The van der Waals surface area contributed by atoms with Gasteiger partial charge in [0.1, 0.15) is 0 Å². The van der Waals surface area contributed by atoms with Crippen LogP contribution < -0.4 is 0 Å². The number of rotatable bonds is 2. The van der Waals surface area contributed by atoms with Gasteiger partial charge in [0.05, 0.1) is 5.92 Å². The van der Waals surface area contributed by atoms with Crippen LogP contribution in [-0.4, -0.2) is 11.1 Å². The Morgan fingerprint density at radius 1 is 1.44 bits per heavy atom. The van der Waals surface area contributed by atoms with Crippen molar-refractivity contribution >= 4 is 5.97 Å². The number of aliphatic carboxylic acids is 1. The van der Waals surface area contributed by atoms with E-state index >= 15 is 0 Å². The van der Waals surface area contributed by atoms with Crippen LogP contribution in [0.3, 0.4) is 0 Å². The molecule has 0 aromatic heterocycles. The number of carbonyl (C=O) groups is 1. The lowest BCUT2D eigenvalue weighted by molar-refractivity contribution is -0.139. The minimum Gasteiger partial charge on any atom is -0.481 e. The number of fused-ring (bicyclic) bond motifs is 3. The minimum absolute atomic E-state index is 0.0996. The zero-order valence-electron chi connectivity index (χ0n) is 9.60. The maximum Gasteiger partial charge on any atom is 0.307 e. The van der Waals surface area contributed by atoms with E-state index in [9.17, 15) is 4.79 Å². The lowest BCUT2D eigenvalue weighted by Gasteiger charge is -2.10. The molecule has 0 bridgehead atoms. The quantitative estimate of drug-likeness (QED) is 0.825. The normalized spacial score (nSPS) is 30.1. The minimum atomic E-state index is -0.617. The van der Waals surface area contributed by atoms with Gasteiger partial charge in [-0.15, -0.1) is 0 Å². The van der Waals surface area contributed by atoms with Crippen molar-refractivity contribution in [3.8, 4) is 0 Å². The molecule has 0 aliphatic heterocycles. The van der Waals surface area contributed by atoms with Crippen molar-refractivity contribution in [3.05, 3.63) is 34.9 Å². The van der Waals surface area contributed by atoms with Crippen LogP contribution in [-0.2, 0) is 11.2 Å². The predicted molar refractivity (Wildman–Crippen MR) is 61.6 cm³/mol. The summed E-state index contributed by atoms with van der Waals surface area (Å²) in [6, 6.07) is 6.58. The van der Waals surface area contributed by atoms with E-state index in [-0.39, 0.29) is 5.92 Å². The van der Waals surface area contributed by atoms with Crippen LogP contribution in [0.5, 0.6) is 0 Å². The van der Waals surface area contributed by atoms with E-state index in [0.717, 1.165) is 6.42 Å². The maximum absolute atomic E-state index is 11.0. The molecule has 2 aliphatic carbocycles. The van der Waals surface area contributed by atoms with Gasteiger partial charge in [0.15, 0.2) is 0 Å². The summed E-state index contributed by atoms with van der Waals surface area (Å²) >= 11 is 0. The molecular weight excluding hydrogens is 200 g/mol. The first-order chi connectivity index (χ1) is 7.59. The molecule has 0 heterocycles. The number of carboxylic acids is 1. The fourth-order valence-corrected chi connectivity index (χ4v) is 3.13. The topological polar surface area (TPSA) is 37.3 Å². The highest BCUT2D eigenvalue weighted by Crippen LogP contribution is 2.61. The first-order valence-corrected chi connectivity index (χ1v) is 5.95. The molecule has 2 nitrogen and oxygen atoms in total. The molecule has 1 fully saturated rings. The molecule has 1 N–H and O–H groups in total. The highest BCUT2D eigenvalue weighted by atomic mass is 16.4. The Kier molecular flexibility index (Phi) is 1.91. The van der Waals surface area contributed by atoms with E-state index in [1.165, 1.54) is 16.7 Å². The molecule has 2 aliphatic rings. The Bertz CT molecular complexity index is 462. The third-order valence-electron chi connectivity index (χ3n) is 4.10. The largest absolute Gasteiger partial charge is 0.481 e. The molecule has 0 saturated heterocycles. The van der Waals surface area contributed by atoms with Gasteiger partial charge in [-0.3, -0.25) is 4.79 Å². The second-order valence-electron chi connectivity index (χ2n) is 5.37. The summed E-state index contributed by atoms with van der Waals surface area (Å²) in [6.07, 6.45) is 0.970. The van der Waals surface area contributed by atoms with E-state index in [1.54, 1.807) is 0 Å². The van der Waals surface area contributed by atoms with Crippen LogP contribution in [0.4, 0.5) is 0 Å². The average molecular weight is 216 g/mol. The molecule has 0 unspecified atom stereocenters. The molecule has 16 heavy (non-hydrogen) atoms.